The first kappa shape index (κ1) is 14.2. The van der Waals surface area contributed by atoms with Crippen LogP contribution in [0.5, 0.6) is 0 Å². The van der Waals surface area contributed by atoms with Crippen LogP contribution in [0, 0.1) is 10.1 Å². The number of benzene rings is 1. The Balaban J connectivity index is 2.18. The summed E-state index contributed by atoms with van der Waals surface area (Å²) in [5.41, 5.74) is -0.296. The molecule has 0 aliphatic heterocycles. The molecule has 0 unspecified atom stereocenters. The second-order valence-corrected chi connectivity index (χ2v) is 6.26. The van der Waals surface area contributed by atoms with Crippen LogP contribution in [0.15, 0.2) is 51.8 Å². The summed E-state index contributed by atoms with van der Waals surface area (Å²) in [6.07, 6.45) is 1.36. The molecular weight excluding hydrogens is 302 g/mol. The van der Waals surface area contributed by atoms with Crippen molar-refractivity contribution in [3.63, 3.8) is 0 Å². The summed E-state index contributed by atoms with van der Waals surface area (Å²) >= 11 is 1.40. The fraction of sp³-hybridized carbons (Fsp3) is 0. The molecule has 1 aromatic heterocycles. The van der Waals surface area contributed by atoms with Crippen LogP contribution in [0.1, 0.15) is 4.88 Å². The Morgan fingerprint density at radius 3 is 2.75 bits per heavy atom. The summed E-state index contributed by atoms with van der Waals surface area (Å²) in [5, 5.41) is 16.1. The number of hydrogen-bond acceptors (Lipinski definition) is 6. The molecule has 0 saturated heterocycles. The molecule has 104 valence electrons. The number of nitrogens with one attached hydrogen (secondary N) is 1. The van der Waals surface area contributed by atoms with Crippen molar-refractivity contribution in [3.05, 3.63) is 56.8 Å². The number of nitrogens with zero attached hydrogens (tertiary/aromatic N) is 2. The normalized spacial score (nSPS) is 11.6. The monoisotopic (exact) mass is 311 g/mol. The number of nitro groups is 1. The van der Waals surface area contributed by atoms with Gasteiger partial charge in [0, 0.05) is 17.0 Å². The molecule has 0 saturated carbocycles. The van der Waals surface area contributed by atoms with E-state index in [4.69, 9.17) is 0 Å². The lowest BCUT2D eigenvalue weighted by Gasteiger charge is -2.02. The molecule has 0 aliphatic carbocycles. The Hall–Kier alpha value is -2.26. The molecule has 1 N–H and O–H groups in total. The highest BCUT2D eigenvalue weighted by molar-refractivity contribution is 7.89. The van der Waals surface area contributed by atoms with E-state index < -0.39 is 14.9 Å². The maximum atomic E-state index is 11.9. The lowest BCUT2D eigenvalue weighted by Crippen LogP contribution is -2.18. The number of thiophene rings is 1. The molecule has 0 spiro atoms. The van der Waals surface area contributed by atoms with Crippen molar-refractivity contribution in [1.82, 2.24) is 4.83 Å². The molecule has 20 heavy (non-hydrogen) atoms. The summed E-state index contributed by atoms with van der Waals surface area (Å²) in [6.45, 7) is 0. The van der Waals surface area contributed by atoms with Gasteiger partial charge in [-0.15, -0.1) is 11.3 Å². The van der Waals surface area contributed by atoms with Crippen LogP contribution in [0.2, 0.25) is 0 Å². The highest BCUT2D eigenvalue weighted by Gasteiger charge is 2.16. The number of hydrogen-bond donors (Lipinski definition) is 1. The minimum atomic E-state index is -3.92. The van der Waals surface area contributed by atoms with Crippen LogP contribution < -0.4 is 4.83 Å². The van der Waals surface area contributed by atoms with Gasteiger partial charge < -0.3 is 0 Å². The van der Waals surface area contributed by atoms with Gasteiger partial charge in [-0.3, -0.25) is 10.1 Å². The standard InChI is InChI=1S/C11H9N3O4S2/c15-14(16)9-3-1-5-11(7-9)20(17,18)13-12-8-10-4-2-6-19-10/h1-8,13H/b12-8+. The van der Waals surface area contributed by atoms with E-state index in [-0.39, 0.29) is 10.6 Å². The van der Waals surface area contributed by atoms with E-state index in [1.807, 2.05) is 10.2 Å². The van der Waals surface area contributed by atoms with Gasteiger partial charge in [-0.05, 0) is 17.5 Å². The molecule has 2 aromatic rings. The minimum absolute atomic E-state index is 0.213. The molecular formula is C11H9N3O4S2. The molecule has 2 rings (SSSR count). The lowest BCUT2D eigenvalue weighted by atomic mass is 10.3. The Bertz CT molecular complexity index is 739. The molecule has 1 heterocycles. The summed E-state index contributed by atoms with van der Waals surface area (Å²) in [7, 11) is -3.92. The van der Waals surface area contributed by atoms with Gasteiger partial charge in [0.15, 0.2) is 0 Å². The van der Waals surface area contributed by atoms with E-state index >= 15 is 0 Å². The van der Waals surface area contributed by atoms with Gasteiger partial charge in [0.1, 0.15) is 0 Å². The van der Waals surface area contributed by atoms with Crippen LogP contribution in [-0.2, 0) is 10.0 Å². The highest BCUT2D eigenvalue weighted by atomic mass is 32.2. The second-order valence-electron chi connectivity index (χ2n) is 3.62. The molecule has 0 radical (unpaired) electrons. The van der Waals surface area contributed by atoms with E-state index in [0.717, 1.165) is 10.9 Å². The molecule has 0 fully saturated rings. The maximum absolute atomic E-state index is 11.9. The van der Waals surface area contributed by atoms with Gasteiger partial charge in [0.2, 0.25) is 0 Å². The predicted molar refractivity (Wildman–Crippen MR) is 75.3 cm³/mol. The van der Waals surface area contributed by atoms with Gasteiger partial charge >= 0.3 is 0 Å². The Morgan fingerprint density at radius 2 is 2.10 bits per heavy atom. The van der Waals surface area contributed by atoms with E-state index in [1.54, 1.807) is 12.1 Å². The van der Waals surface area contributed by atoms with E-state index in [9.17, 15) is 18.5 Å². The van der Waals surface area contributed by atoms with Crippen molar-refractivity contribution >= 4 is 33.3 Å². The zero-order chi connectivity index (χ0) is 14.6. The van der Waals surface area contributed by atoms with Crippen molar-refractivity contribution in [2.75, 3.05) is 0 Å². The van der Waals surface area contributed by atoms with Crippen molar-refractivity contribution in [3.8, 4) is 0 Å². The van der Waals surface area contributed by atoms with Gasteiger partial charge in [0.25, 0.3) is 15.7 Å². The Labute approximate surface area is 118 Å². The fourth-order valence-electron chi connectivity index (χ4n) is 1.34. The molecule has 0 aliphatic rings. The van der Waals surface area contributed by atoms with Crippen molar-refractivity contribution in [1.29, 1.82) is 0 Å². The SMILES string of the molecule is O=[N+]([O-])c1cccc(S(=O)(=O)N/N=C/c2cccs2)c1. The third-order valence-electron chi connectivity index (χ3n) is 2.25. The van der Waals surface area contributed by atoms with Crippen molar-refractivity contribution in [2.24, 2.45) is 5.10 Å². The third-order valence-corrected chi connectivity index (χ3v) is 4.27. The number of hydrazone groups is 1. The smallest absolute Gasteiger partial charge is 0.258 e. The van der Waals surface area contributed by atoms with Crippen LogP contribution >= 0.6 is 11.3 Å². The lowest BCUT2D eigenvalue weighted by molar-refractivity contribution is -0.385. The average molecular weight is 311 g/mol. The fourth-order valence-corrected chi connectivity index (χ4v) is 2.76. The van der Waals surface area contributed by atoms with E-state index in [1.165, 1.54) is 35.8 Å². The third kappa shape index (κ3) is 3.39. The minimum Gasteiger partial charge on any atom is -0.258 e. The first-order valence-corrected chi connectivity index (χ1v) is 7.68. The van der Waals surface area contributed by atoms with Gasteiger partial charge in [0.05, 0.1) is 16.0 Å². The molecule has 0 amide bonds. The summed E-state index contributed by atoms with van der Waals surface area (Å²) in [5.74, 6) is 0. The maximum Gasteiger partial charge on any atom is 0.276 e. The zero-order valence-electron chi connectivity index (χ0n) is 9.96. The molecule has 0 bridgehead atoms. The van der Waals surface area contributed by atoms with E-state index in [0.29, 0.717) is 0 Å². The summed E-state index contributed by atoms with van der Waals surface area (Å²) in [4.78, 5) is 12.5. The zero-order valence-corrected chi connectivity index (χ0v) is 11.6. The summed E-state index contributed by atoms with van der Waals surface area (Å²) in [6, 6.07) is 8.33. The quantitative estimate of drug-likeness (QED) is 0.518. The van der Waals surface area contributed by atoms with Gasteiger partial charge in [-0.25, -0.2) is 4.83 Å². The number of rotatable bonds is 5. The topological polar surface area (TPSA) is 102 Å². The number of sulfonamides is 1. The van der Waals surface area contributed by atoms with Crippen LogP contribution in [0.4, 0.5) is 5.69 Å². The molecule has 0 atom stereocenters. The van der Waals surface area contributed by atoms with Crippen molar-refractivity contribution < 1.29 is 13.3 Å². The second kappa shape index (κ2) is 5.80. The largest absolute Gasteiger partial charge is 0.276 e. The predicted octanol–water partition coefficient (Wildman–Crippen LogP) is 1.97. The van der Waals surface area contributed by atoms with Crippen molar-refractivity contribution in [2.45, 2.75) is 4.90 Å². The van der Waals surface area contributed by atoms with Crippen LogP contribution in [0.25, 0.3) is 0 Å². The average Bonchev–Trinajstić information content (AvgIpc) is 2.92. The summed E-state index contributed by atoms with van der Waals surface area (Å²) < 4.78 is 23.8. The molecule has 9 heteroatoms. The first-order valence-electron chi connectivity index (χ1n) is 5.32. The Kier molecular flexibility index (Phi) is 4.11. The number of nitro benzene ring substituents is 1. The number of non-ortho nitro benzene ring substituents is 1. The highest BCUT2D eigenvalue weighted by Crippen LogP contribution is 2.17. The van der Waals surface area contributed by atoms with Crippen LogP contribution in [0.3, 0.4) is 0 Å². The molecule has 1 aromatic carbocycles. The van der Waals surface area contributed by atoms with Gasteiger partial charge in [-0.1, -0.05) is 12.1 Å². The van der Waals surface area contributed by atoms with Gasteiger partial charge in [-0.2, -0.15) is 13.5 Å². The molecule has 7 nitrogen and oxygen atoms in total. The van der Waals surface area contributed by atoms with Crippen LogP contribution in [-0.4, -0.2) is 19.6 Å². The van der Waals surface area contributed by atoms with E-state index in [2.05, 4.69) is 5.10 Å². The Morgan fingerprint density at radius 1 is 1.30 bits per heavy atom. The first-order chi connectivity index (χ1) is 9.49.